The van der Waals surface area contributed by atoms with Gasteiger partial charge in [-0.05, 0) is 50.0 Å². The number of fused-ring (bicyclic) bond motifs is 1. The molecule has 2 aliphatic rings. The van der Waals surface area contributed by atoms with Crippen LogP contribution in [0.4, 0.5) is 5.82 Å². The number of anilines is 1. The van der Waals surface area contributed by atoms with Gasteiger partial charge in [-0.2, -0.15) is 0 Å². The standard InChI is InChI=1S/C23H26N6OS/c1-13(14(2)24)18-19-20(31-21(18)25)22(28-12-27-19)26-11-15-7-9-16(10-8-15)23(30)29-17-5-3-4-6-17/h7-10,12,17,24-25H,3-6,11H2,1-2H3,(H,29,30)(H,26,27,28)/b18-13-,24-14?,25-21?. The number of allylic oxidation sites excluding steroid dienone is 1. The molecule has 2 aromatic rings. The van der Waals surface area contributed by atoms with E-state index in [4.69, 9.17) is 10.8 Å². The Bertz CT molecular complexity index is 1070. The zero-order valence-corrected chi connectivity index (χ0v) is 18.5. The van der Waals surface area contributed by atoms with Gasteiger partial charge >= 0.3 is 0 Å². The van der Waals surface area contributed by atoms with Crippen LogP contribution in [-0.4, -0.2) is 32.7 Å². The van der Waals surface area contributed by atoms with Gasteiger partial charge in [-0.25, -0.2) is 9.97 Å². The summed E-state index contributed by atoms with van der Waals surface area (Å²) >= 11 is 1.32. The second-order valence-corrected chi connectivity index (χ2v) is 8.98. The molecule has 1 aliphatic heterocycles. The summed E-state index contributed by atoms with van der Waals surface area (Å²) in [4.78, 5) is 21.9. The second kappa shape index (κ2) is 9.01. The van der Waals surface area contributed by atoms with E-state index in [2.05, 4.69) is 20.6 Å². The largest absolute Gasteiger partial charge is 0.365 e. The van der Waals surface area contributed by atoms with E-state index in [0.717, 1.165) is 28.9 Å². The molecule has 4 N–H and O–H groups in total. The fraction of sp³-hybridized carbons (Fsp3) is 0.348. The Labute approximate surface area is 186 Å². The van der Waals surface area contributed by atoms with Crippen LogP contribution in [0.15, 0.2) is 41.1 Å². The smallest absolute Gasteiger partial charge is 0.251 e. The normalized spacial score (nSPS) is 17.4. The van der Waals surface area contributed by atoms with Crippen LogP contribution in [0.2, 0.25) is 0 Å². The predicted molar refractivity (Wildman–Crippen MR) is 125 cm³/mol. The van der Waals surface area contributed by atoms with Gasteiger partial charge in [0.1, 0.15) is 17.2 Å². The molecule has 1 aromatic carbocycles. The number of aromatic nitrogens is 2. The van der Waals surface area contributed by atoms with E-state index in [1.54, 1.807) is 6.92 Å². The molecule has 1 aliphatic carbocycles. The molecule has 0 atom stereocenters. The molecule has 8 heteroatoms. The SMILES string of the molecule is CC(=N)/C(C)=C1\C(=N)Sc2c(NCc3ccc(C(=O)NC4CCCC4)cc3)ncnc21. The Morgan fingerprint density at radius 1 is 1.16 bits per heavy atom. The van der Waals surface area contributed by atoms with Gasteiger partial charge in [-0.3, -0.25) is 10.2 Å². The van der Waals surface area contributed by atoms with E-state index in [0.29, 0.717) is 46.0 Å². The number of thioether (sulfide) groups is 1. The van der Waals surface area contributed by atoms with Crippen molar-refractivity contribution < 1.29 is 4.79 Å². The molecule has 1 fully saturated rings. The van der Waals surface area contributed by atoms with Gasteiger partial charge in [0, 0.05) is 29.4 Å². The van der Waals surface area contributed by atoms with Crippen molar-refractivity contribution in [2.45, 2.75) is 57.0 Å². The lowest BCUT2D eigenvalue weighted by Crippen LogP contribution is -2.32. The van der Waals surface area contributed by atoms with Crippen molar-refractivity contribution >= 4 is 39.8 Å². The van der Waals surface area contributed by atoms with Crippen molar-refractivity contribution in [3.63, 3.8) is 0 Å². The number of hydrogen-bond donors (Lipinski definition) is 4. The first-order chi connectivity index (χ1) is 14.9. The highest BCUT2D eigenvalue weighted by atomic mass is 32.2. The van der Waals surface area contributed by atoms with Gasteiger partial charge in [0.05, 0.1) is 10.6 Å². The molecule has 0 saturated heterocycles. The van der Waals surface area contributed by atoms with Gasteiger partial charge in [-0.15, -0.1) is 0 Å². The zero-order valence-electron chi connectivity index (χ0n) is 17.7. The maximum absolute atomic E-state index is 12.4. The van der Waals surface area contributed by atoms with Gasteiger partial charge < -0.3 is 16.0 Å². The van der Waals surface area contributed by atoms with Crippen molar-refractivity contribution in [2.75, 3.05) is 5.32 Å². The Morgan fingerprint density at radius 2 is 1.87 bits per heavy atom. The summed E-state index contributed by atoms with van der Waals surface area (Å²) in [7, 11) is 0. The minimum atomic E-state index is -0.00822. The molecule has 2 heterocycles. The summed E-state index contributed by atoms with van der Waals surface area (Å²) in [6.45, 7) is 4.11. The molecule has 0 bridgehead atoms. The molecule has 0 unspecified atom stereocenters. The van der Waals surface area contributed by atoms with E-state index >= 15 is 0 Å². The van der Waals surface area contributed by atoms with Gasteiger partial charge in [0.25, 0.3) is 5.91 Å². The number of amides is 1. The molecule has 1 aromatic heterocycles. The van der Waals surface area contributed by atoms with Crippen molar-refractivity contribution in [3.8, 4) is 0 Å². The molecule has 160 valence electrons. The summed E-state index contributed by atoms with van der Waals surface area (Å²) in [5, 5.41) is 23.1. The lowest BCUT2D eigenvalue weighted by atomic mass is 10.0. The highest BCUT2D eigenvalue weighted by Crippen LogP contribution is 2.44. The first-order valence-corrected chi connectivity index (χ1v) is 11.3. The van der Waals surface area contributed by atoms with Gasteiger partial charge in [0.15, 0.2) is 0 Å². The van der Waals surface area contributed by atoms with E-state index in [9.17, 15) is 4.79 Å². The Morgan fingerprint density at radius 3 is 2.55 bits per heavy atom. The van der Waals surface area contributed by atoms with Crippen molar-refractivity contribution in [3.05, 3.63) is 53.0 Å². The quantitative estimate of drug-likeness (QED) is 0.494. The molecular weight excluding hydrogens is 408 g/mol. The maximum atomic E-state index is 12.4. The van der Waals surface area contributed by atoms with Gasteiger partial charge in [0.2, 0.25) is 0 Å². The van der Waals surface area contributed by atoms with Crippen LogP contribution in [0.1, 0.15) is 61.1 Å². The Hall–Kier alpha value is -3.00. The highest BCUT2D eigenvalue weighted by molar-refractivity contribution is 8.15. The number of hydrogen-bond acceptors (Lipinski definition) is 7. The fourth-order valence-corrected chi connectivity index (χ4v) is 4.90. The number of nitrogens with one attached hydrogen (secondary N) is 4. The number of carbonyl (C=O) groups excluding carboxylic acids is 1. The first kappa shape index (κ1) is 21.2. The minimum Gasteiger partial charge on any atom is -0.365 e. The van der Waals surface area contributed by atoms with Gasteiger partial charge in [-0.1, -0.05) is 36.7 Å². The molecular formula is C23H26N6OS. The van der Waals surface area contributed by atoms with E-state index in [-0.39, 0.29) is 5.91 Å². The van der Waals surface area contributed by atoms with Crippen LogP contribution in [0.5, 0.6) is 0 Å². The topological polar surface area (TPSA) is 115 Å². The summed E-state index contributed by atoms with van der Waals surface area (Å²) in [5.41, 5.74) is 4.30. The number of rotatable bonds is 6. The fourth-order valence-electron chi connectivity index (χ4n) is 3.87. The third kappa shape index (κ3) is 4.54. The molecule has 1 amide bonds. The number of carbonyl (C=O) groups is 1. The number of benzene rings is 1. The third-order valence-corrected chi connectivity index (χ3v) is 6.77. The van der Waals surface area contributed by atoms with Crippen LogP contribution in [0.3, 0.4) is 0 Å². The predicted octanol–water partition coefficient (Wildman–Crippen LogP) is 4.66. The van der Waals surface area contributed by atoms with Crippen molar-refractivity contribution in [2.24, 2.45) is 0 Å². The first-order valence-electron chi connectivity index (χ1n) is 10.5. The second-order valence-electron chi connectivity index (χ2n) is 7.96. The van der Waals surface area contributed by atoms with E-state index in [1.165, 1.54) is 30.9 Å². The Kier molecular flexibility index (Phi) is 6.18. The molecule has 4 rings (SSSR count). The molecule has 7 nitrogen and oxygen atoms in total. The monoisotopic (exact) mass is 434 g/mol. The molecule has 31 heavy (non-hydrogen) atoms. The molecule has 0 radical (unpaired) electrons. The molecule has 1 saturated carbocycles. The zero-order chi connectivity index (χ0) is 22.0. The Balaban J connectivity index is 1.45. The average molecular weight is 435 g/mol. The summed E-state index contributed by atoms with van der Waals surface area (Å²) < 4.78 is 0. The van der Waals surface area contributed by atoms with Crippen LogP contribution >= 0.6 is 11.8 Å². The average Bonchev–Trinajstić information content (AvgIpc) is 3.39. The van der Waals surface area contributed by atoms with Crippen LogP contribution in [0.25, 0.3) is 5.57 Å². The highest BCUT2D eigenvalue weighted by Gasteiger charge is 2.29. The van der Waals surface area contributed by atoms with Crippen molar-refractivity contribution in [1.82, 2.24) is 15.3 Å². The lowest BCUT2D eigenvalue weighted by molar-refractivity contribution is 0.0938. The maximum Gasteiger partial charge on any atom is 0.251 e. The lowest BCUT2D eigenvalue weighted by Gasteiger charge is -2.12. The van der Waals surface area contributed by atoms with Crippen molar-refractivity contribution in [1.29, 1.82) is 10.8 Å². The van der Waals surface area contributed by atoms with Crippen LogP contribution in [-0.2, 0) is 6.54 Å². The molecule has 0 spiro atoms. The van der Waals surface area contributed by atoms with Crippen LogP contribution < -0.4 is 10.6 Å². The summed E-state index contributed by atoms with van der Waals surface area (Å²) in [6.07, 6.45) is 6.02. The minimum absolute atomic E-state index is 0.00822. The third-order valence-electron chi connectivity index (χ3n) is 5.78. The van der Waals surface area contributed by atoms with E-state index < -0.39 is 0 Å². The summed E-state index contributed by atoms with van der Waals surface area (Å²) in [5.74, 6) is 0.666. The van der Waals surface area contributed by atoms with E-state index in [1.807, 2.05) is 31.2 Å². The summed E-state index contributed by atoms with van der Waals surface area (Å²) in [6, 6.07) is 7.91. The van der Waals surface area contributed by atoms with Crippen LogP contribution in [0, 0.1) is 10.8 Å². The number of nitrogens with zero attached hydrogens (tertiary/aromatic N) is 2.